The number of fused-ring (bicyclic) bond motifs is 3. The topological polar surface area (TPSA) is 83.6 Å². The fourth-order valence-corrected chi connectivity index (χ4v) is 3.71. The van der Waals surface area contributed by atoms with Gasteiger partial charge in [-0.3, -0.25) is 4.79 Å². The number of nitrogens with one attached hydrogen (secondary N) is 2. The van der Waals surface area contributed by atoms with Crippen LogP contribution in [-0.2, 0) is 11.2 Å². The number of H-pyrrole nitrogens is 1. The van der Waals surface area contributed by atoms with Gasteiger partial charge in [-0.15, -0.1) is 10.2 Å². The van der Waals surface area contributed by atoms with Crippen LogP contribution in [0.15, 0.2) is 59.8 Å². The lowest BCUT2D eigenvalue weighted by molar-refractivity contribution is -0.119. The summed E-state index contributed by atoms with van der Waals surface area (Å²) in [5.41, 5.74) is 3.70. The zero-order valence-electron chi connectivity index (χ0n) is 15.6. The van der Waals surface area contributed by atoms with Gasteiger partial charge in [-0.2, -0.15) is 0 Å². The van der Waals surface area contributed by atoms with Gasteiger partial charge in [-0.1, -0.05) is 60.3 Å². The Kier molecular flexibility index (Phi) is 5.53. The van der Waals surface area contributed by atoms with Crippen molar-refractivity contribution >= 4 is 39.7 Å². The van der Waals surface area contributed by atoms with E-state index in [-0.39, 0.29) is 17.7 Å². The highest BCUT2D eigenvalue weighted by atomic mass is 32.2. The highest BCUT2D eigenvalue weighted by Gasteiger charge is 2.12. The molecule has 2 aromatic heterocycles. The van der Waals surface area contributed by atoms with Crippen molar-refractivity contribution in [2.45, 2.75) is 31.0 Å². The summed E-state index contributed by atoms with van der Waals surface area (Å²) in [6.07, 6.45) is 1.85. The highest BCUT2D eigenvalue weighted by Crippen LogP contribution is 2.23. The van der Waals surface area contributed by atoms with Crippen molar-refractivity contribution in [1.29, 1.82) is 0 Å². The summed E-state index contributed by atoms with van der Waals surface area (Å²) in [7, 11) is 0. The smallest absolute Gasteiger partial charge is 0.230 e. The van der Waals surface area contributed by atoms with E-state index in [1.54, 1.807) is 0 Å². The summed E-state index contributed by atoms with van der Waals surface area (Å²) in [6, 6.07) is 18.3. The van der Waals surface area contributed by atoms with E-state index in [1.807, 2.05) is 49.4 Å². The van der Waals surface area contributed by atoms with E-state index in [0.29, 0.717) is 10.8 Å². The van der Waals surface area contributed by atoms with Crippen LogP contribution < -0.4 is 5.32 Å². The minimum atomic E-state index is -0.0223. The summed E-state index contributed by atoms with van der Waals surface area (Å²) in [6.45, 7) is 2.03. The van der Waals surface area contributed by atoms with Crippen molar-refractivity contribution in [3.63, 3.8) is 0 Å². The number of nitrogens with zero attached hydrogens (tertiary/aromatic N) is 3. The average molecular weight is 392 g/mol. The molecule has 4 rings (SSSR count). The molecule has 6 nitrogen and oxygen atoms in total. The van der Waals surface area contributed by atoms with Gasteiger partial charge in [0.1, 0.15) is 5.52 Å². The van der Waals surface area contributed by atoms with Gasteiger partial charge < -0.3 is 10.3 Å². The van der Waals surface area contributed by atoms with Crippen LogP contribution in [0.25, 0.3) is 22.1 Å². The number of carbonyl (C=O) groups excluding carboxylic acids is 1. The molecular weight excluding hydrogens is 370 g/mol. The second-order valence-electron chi connectivity index (χ2n) is 6.74. The molecule has 0 spiro atoms. The SMILES string of the molecule is CC(CCc1ccccc1)NC(=O)CSc1nnc2c(n1)[nH]c1ccccc12. The fraction of sp³-hybridized carbons (Fsp3) is 0.238. The van der Waals surface area contributed by atoms with Crippen LogP contribution in [-0.4, -0.2) is 37.9 Å². The summed E-state index contributed by atoms with van der Waals surface area (Å²) in [5, 5.41) is 13.0. The molecule has 2 aromatic carbocycles. The quantitative estimate of drug-likeness (QED) is 0.469. The first-order valence-electron chi connectivity index (χ1n) is 9.26. The minimum Gasteiger partial charge on any atom is -0.353 e. The fourth-order valence-electron chi connectivity index (χ4n) is 3.11. The molecule has 1 unspecified atom stereocenters. The molecule has 2 heterocycles. The lowest BCUT2D eigenvalue weighted by atomic mass is 10.1. The van der Waals surface area contributed by atoms with E-state index in [4.69, 9.17) is 0 Å². The normalized spacial score (nSPS) is 12.3. The molecule has 0 bridgehead atoms. The molecule has 0 saturated heterocycles. The molecule has 2 N–H and O–H groups in total. The second-order valence-corrected chi connectivity index (χ2v) is 7.69. The third-order valence-corrected chi connectivity index (χ3v) is 5.39. The van der Waals surface area contributed by atoms with Crippen LogP contribution in [0, 0.1) is 0 Å². The van der Waals surface area contributed by atoms with Gasteiger partial charge in [-0.25, -0.2) is 4.98 Å². The van der Waals surface area contributed by atoms with E-state index >= 15 is 0 Å². The molecule has 4 aromatic rings. The first kappa shape index (κ1) is 18.4. The Morgan fingerprint density at radius 1 is 1.11 bits per heavy atom. The maximum absolute atomic E-state index is 12.2. The minimum absolute atomic E-state index is 0.0223. The zero-order chi connectivity index (χ0) is 19.3. The van der Waals surface area contributed by atoms with Crippen molar-refractivity contribution in [1.82, 2.24) is 25.5 Å². The summed E-state index contributed by atoms with van der Waals surface area (Å²) in [5.74, 6) is 0.245. The molecule has 28 heavy (non-hydrogen) atoms. The van der Waals surface area contributed by atoms with Crippen LogP contribution in [0.5, 0.6) is 0 Å². The first-order chi connectivity index (χ1) is 13.7. The molecule has 0 aliphatic rings. The number of hydrogen-bond acceptors (Lipinski definition) is 5. The number of thioether (sulfide) groups is 1. The van der Waals surface area contributed by atoms with Gasteiger partial charge in [0.2, 0.25) is 11.1 Å². The van der Waals surface area contributed by atoms with E-state index in [0.717, 1.165) is 29.3 Å². The van der Waals surface area contributed by atoms with Gasteiger partial charge in [0, 0.05) is 16.9 Å². The Morgan fingerprint density at radius 3 is 2.75 bits per heavy atom. The Hall–Kier alpha value is -2.93. The van der Waals surface area contributed by atoms with E-state index < -0.39 is 0 Å². The largest absolute Gasteiger partial charge is 0.353 e. The van der Waals surface area contributed by atoms with Gasteiger partial charge >= 0.3 is 0 Å². The number of amides is 1. The van der Waals surface area contributed by atoms with Crippen LogP contribution >= 0.6 is 11.8 Å². The molecule has 1 amide bonds. The van der Waals surface area contributed by atoms with Gasteiger partial charge in [0.25, 0.3) is 0 Å². The Labute approximate surface area is 167 Å². The number of aromatic amines is 1. The predicted octanol–water partition coefficient (Wildman–Crippen LogP) is 3.74. The molecule has 0 saturated carbocycles. The molecular formula is C21H21N5OS. The molecule has 0 aliphatic heterocycles. The molecule has 1 atom stereocenters. The number of carbonyl (C=O) groups is 1. The van der Waals surface area contributed by atoms with Crippen molar-refractivity contribution in [2.75, 3.05) is 5.75 Å². The first-order valence-corrected chi connectivity index (χ1v) is 10.2. The maximum atomic E-state index is 12.2. The standard InChI is InChI=1S/C21H21N5OS/c1-14(11-12-15-7-3-2-4-8-15)22-18(27)13-28-21-24-20-19(25-26-21)16-9-5-6-10-17(16)23-20/h2-10,14H,11-13H2,1H3,(H,22,27)(H,23,24,26). The zero-order valence-corrected chi connectivity index (χ0v) is 16.4. The Morgan fingerprint density at radius 2 is 1.89 bits per heavy atom. The predicted molar refractivity (Wildman–Crippen MR) is 112 cm³/mol. The molecule has 142 valence electrons. The summed E-state index contributed by atoms with van der Waals surface area (Å²) in [4.78, 5) is 20.0. The summed E-state index contributed by atoms with van der Waals surface area (Å²) >= 11 is 1.29. The number of para-hydroxylation sites is 1. The number of aromatic nitrogens is 4. The van der Waals surface area contributed by atoms with Crippen molar-refractivity contribution in [2.24, 2.45) is 0 Å². The molecule has 7 heteroatoms. The number of aryl methyl sites for hydroxylation is 1. The third kappa shape index (κ3) is 4.31. The van der Waals surface area contributed by atoms with E-state index in [9.17, 15) is 4.79 Å². The maximum Gasteiger partial charge on any atom is 0.230 e. The van der Waals surface area contributed by atoms with Crippen LogP contribution in [0.1, 0.15) is 18.9 Å². The van der Waals surface area contributed by atoms with Crippen LogP contribution in [0.2, 0.25) is 0 Å². The monoisotopic (exact) mass is 391 g/mol. The lowest BCUT2D eigenvalue weighted by Gasteiger charge is -2.13. The van der Waals surface area contributed by atoms with Crippen molar-refractivity contribution < 1.29 is 4.79 Å². The number of hydrogen-bond donors (Lipinski definition) is 2. The number of benzene rings is 2. The molecule has 0 aliphatic carbocycles. The highest BCUT2D eigenvalue weighted by molar-refractivity contribution is 7.99. The van der Waals surface area contributed by atoms with Gasteiger partial charge in [0.05, 0.1) is 5.75 Å². The van der Waals surface area contributed by atoms with Crippen LogP contribution in [0.3, 0.4) is 0 Å². The summed E-state index contributed by atoms with van der Waals surface area (Å²) < 4.78 is 0. The second kappa shape index (κ2) is 8.39. The molecule has 0 fully saturated rings. The Balaban J connectivity index is 1.31. The average Bonchev–Trinajstić information content (AvgIpc) is 3.09. The van der Waals surface area contributed by atoms with Crippen molar-refractivity contribution in [3.05, 3.63) is 60.2 Å². The number of rotatable bonds is 7. The van der Waals surface area contributed by atoms with Gasteiger partial charge in [-0.05, 0) is 31.4 Å². The Bertz CT molecular complexity index is 1100. The lowest BCUT2D eigenvalue weighted by Crippen LogP contribution is -2.34. The van der Waals surface area contributed by atoms with E-state index in [1.165, 1.54) is 17.3 Å². The molecule has 0 radical (unpaired) electrons. The van der Waals surface area contributed by atoms with Crippen molar-refractivity contribution in [3.8, 4) is 0 Å². The van der Waals surface area contributed by atoms with Gasteiger partial charge in [0.15, 0.2) is 5.65 Å². The van der Waals surface area contributed by atoms with E-state index in [2.05, 4.69) is 37.6 Å². The van der Waals surface area contributed by atoms with Crippen LogP contribution in [0.4, 0.5) is 0 Å². The third-order valence-electron chi connectivity index (χ3n) is 4.55.